The van der Waals surface area contributed by atoms with Gasteiger partial charge >= 0.3 is 48.7 Å². The fourth-order valence-electron chi connectivity index (χ4n) is 15.1. The molecule has 1 aromatic heterocycles. The molecule has 0 saturated carbocycles. The van der Waals surface area contributed by atoms with E-state index in [4.69, 9.17) is 28.2 Å². The molecule has 8 N–H and O–H groups in total. The van der Waals surface area contributed by atoms with E-state index >= 15 is 0 Å². The van der Waals surface area contributed by atoms with Crippen molar-refractivity contribution in [3.8, 4) is 34.5 Å². The molecule has 0 aliphatic carbocycles. The summed E-state index contributed by atoms with van der Waals surface area (Å²) in [4.78, 5) is 114. The van der Waals surface area contributed by atoms with Gasteiger partial charge in [-0.1, -0.05) is 24.3 Å². The topological polar surface area (TPSA) is 397 Å². The molecule has 1 fully saturated rings. The molecule has 0 bridgehead atoms. The summed E-state index contributed by atoms with van der Waals surface area (Å²) in [6.45, 7) is 6.55. The van der Waals surface area contributed by atoms with Gasteiger partial charge in [0, 0.05) is 106 Å². The number of esters is 1. The van der Waals surface area contributed by atoms with Crippen LogP contribution in [0.2, 0.25) is 0 Å². The zero-order valence-electron chi connectivity index (χ0n) is 52.9. The molecule has 8 atom stereocenters. The number of amides is 1. The van der Waals surface area contributed by atoms with Crippen LogP contribution in [0.3, 0.4) is 0 Å². The number of carbonyl (C=O) groups excluding carboxylic acids is 2. The minimum absolute atomic E-state index is 0.0103. The number of benzene rings is 6. The number of aromatic nitrogens is 2. The van der Waals surface area contributed by atoms with Gasteiger partial charge in [0.1, 0.15) is 53.8 Å². The Morgan fingerprint density at radius 2 is 1.48 bits per heavy atom. The van der Waals surface area contributed by atoms with Gasteiger partial charge < -0.3 is 63.3 Å². The van der Waals surface area contributed by atoms with Crippen LogP contribution in [-0.4, -0.2) is 108 Å². The summed E-state index contributed by atoms with van der Waals surface area (Å²) < 4.78 is 106. The van der Waals surface area contributed by atoms with Crippen LogP contribution in [0.15, 0.2) is 101 Å². The molecule has 1 saturated heterocycles. The maximum Gasteiger partial charge on any atom is 0.536 e. The van der Waals surface area contributed by atoms with Gasteiger partial charge in [0.05, 0.1) is 53.8 Å². The number of hydrogen-bond acceptors (Lipinski definition) is 20. The smallest absolute Gasteiger partial charge is 0.493 e. The van der Waals surface area contributed by atoms with Gasteiger partial charge in [-0.25, -0.2) is 37.0 Å². The van der Waals surface area contributed by atoms with Crippen molar-refractivity contribution in [1.82, 2.24) is 19.4 Å². The van der Waals surface area contributed by atoms with Gasteiger partial charge in [0.25, 0.3) is 11.5 Å². The Hall–Kier alpha value is -8.36. The van der Waals surface area contributed by atoms with Crippen molar-refractivity contribution in [3.05, 3.63) is 200 Å². The molecule has 33 heteroatoms. The minimum atomic E-state index is -6.34. The number of aromatic carboxylic acids is 1. The van der Waals surface area contributed by atoms with Gasteiger partial charge in [-0.2, -0.15) is 8.62 Å². The highest BCUT2D eigenvalue weighted by molar-refractivity contribution is 7.70. The lowest BCUT2D eigenvalue weighted by molar-refractivity contribution is -0.0104. The van der Waals surface area contributed by atoms with Gasteiger partial charge in [0.2, 0.25) is 5.36 Å². The average molecular weight is 1440 g/mol. The third-order valence-electron chi connectivity index (χ3n) is 19.0. The zero-order chi connectivity index (χ0) is 69.4. The van der Waals surface area contributed by atoms with Crippen LogP contribution < -0.4 is 55.4 Å². The molecule has 1 amide bonds. The number of carbonyl (C=O) groups is 3. The predicted molar refractivity (Wildman–Crippen MR) is 349 cm³/mol. The van der Waals surface area contributed by atoms with E-state index in [1.54, 1.807) is 49.4 Å². The number of carboxylic acid groups (broad SMARTS) is 1. The van der Waals surface area contributed by atoms with E-state index in [0.717, 1.165) is 134 Å². The number of phosphoric ester groups is 1. The molecular weight excluding hydrogens is 1370 g/mol. The first kappa shape index (κ1) is 66.5. The van der Waals surface area contributed by atoms with Gasteiger partial charge in [-0.05, 0) is 118 Å². The van der Waals surface area contributed by atoms with Crippen molar-refractivity contribution in [1.29, 1.82) is 0 Å². The predicted octanol–water partition coefficient (Wildman–Crippen LogP) is 7.14. The number of fused-ring (bicyclic) bond motifs is 10. The van der Waals surface area contributed by atoms with Crippen molar-refractivity contribution in [3.63, 3.8) is 0 Å². The number of hydrogen-bond donors (Lipinski definition) is 8. The lowest BCUT2D eigenvalue weighted by atomic mass is 9.77. The second-order valence-corrected chi connectivity index (χ2v) is 31.9. The third kappa shape index (κ3) is 11.9. The number of ether oxygens (including phenoxy) is 5. The van der Waals surface area contributed by atoms with Crippen molar-refractivity contribution in [2.45, 2.75) is 102 Å². The quantitative estimate of drug-likeness (QED) is 0.0240. The molecular formula is C66H64N5O24P4+. The Morgan fingerprint density at radius 1 is 0.758 bits per heavy atom. The van der Waals surface area contributed by atoms with Crippen molar-refractivity contribution in [2.75, 3.05) is 43.8 Å². The van der Waals surface area contributed by atoms with Crippen LogP contribution in [0.1, 0.15) is 138 Å². The number of H-pyrrole nitrogens is 1. The molecule has 0 radical (unpaired) electrons. The summed E-state index contributed by atoms with van der Waals surface area (Å²) >= 11 is 0. The Kier molecular flexibility index (Phi) is 16.6. The molecule has 8 aliphatic rings. The monoisotopic (exact) mass is 1430 g/mol. The highest BCUT2D eigenvalue weighted by Gasteiger charge is 2.55. The Labute approximate surface area is 561 Å². The van der Waals surface area contributed by atoms with E-state index in [9.17, 15) is 72.0 Å². The molecule has 6 aromatic carbocycles. The van der Waals surface area contributed by atoms with E-state index in [-0.39, 0.29) is 75.8 Å². The zero-order valence-corrected chi connectivity index (χ0v) is 56.4. The number of aliphatic hydroxyl groups excluding tert-OH is 1. The van der Waals surface area contributed by atoms with Crippen molar-refractivity contribution >= 4 is 60.2 Å². The highest BCUT2D eigenvalue weighted by Crippen LogP contribution is 2.72. The van der Waals surface area contributed by atoms with Crippen LogP contribution in [0.25, 0.3) is 5.57 Å². The average Bonchev–Trinajstić information content (AvgIpc) is 1.70. The first-order valence-corrected chi connectivity index (χ1v) is 38.3. The van der Waals surface area contributed by atoms with E-state index in [1.807, 2.05) is 4.98 Å². The van der Waals surface area contributed by atoms with E-state index < -0.39 is 96.1 Å². The minimum Gasteiger partial charge on any atom is -0.493 e. The summed E-state index contributed by atoms with van der Waals surface area (Å²) in [6, 6.07) is 21.9. The maximum atomic E-state index is 14.8. The fraction of sp³-hybridized carbons (Fsp3) is 0.333. The van der Waals surface area contributed by atoms with Crippen LogP contribution in [0, 0.1) is 6.92 Å². The Bertz CT molecular complexity index is 5170. The molecule has 99 heavy (non-hydrogen) atoms. The van der Waals surface area contributed by atoms with Crippen LogP contribution in [-0.2, 0) is 78.5 Å². The molecule has 516 valence electrons. The van der Waals surface area contributed by atoms with Crippen LogP contribution in [0.4, 0.5) is 5.69 Å². The number of phosphoric acid groups is 3. The van der Waals surface area contributed by atoms with Gasteiger partial charge in [0.15, 0.2) is 5.60 Å². The largest absolute Gasteiger partial charge is 0.536 e. The first-order valence-electron chi connectivity index (χ1n) is 32.0. The van der Waals surface area contributed by atoms with Crippen molar-refractivity contribution in [2.24, 2.45) is 0 Å². The Morgan fingerprint density at radius 3 is 2.27 bits per heavy atom. The lowest BCUT2D eigenvalue weighted by Gasteiger charge is -2.39. The molecule has 15 rings (SSSR count). The number of nitrogens with one attached hydrogen (secondary N) is 2. The number of carboxylic acids is 1. The first-order chi connectivity index (χ1) is 47.2. The number of aryl methyl sites for hydroxylation is 3. The fourth-order valence-corrected chi connectivity index (χ4v) is 20.9. The number of aromatic amines is 1. The lowest BCUT2D eigenvalue weighted by Crippen LogP contribution is -2.45. The molecule has 1 spiro atoms. The number of nitrogens with zero attached hydrogens (tertiary/aromatic N) is 3. The van der Waals surface area contributed by atoms with Crippen LogP contribution >= 0.6 is 31.1 Å². The molecule has 7 unspecified atom stereocenters. The SMILES string of the molecule is CCOc1ccc2c(c1CNC(=O)c1ccc(C3=c4cc5c6c(c4Oc4c3cc3c7c4CCCN7CCC3)CCC[N+]=6CCC5)c(C(=O)O)c1)Oc1cc(OP(=O)(O)OP(=O)(O)OP(=O)(O)OP(=O)(O)CC3OC(n4cc(C)c(=O)[nH]c4=O)C[C@@H]3O)ccc1C21OC(=O)c2ccccc21. The van der Waals surface area contributed by atoms with Crippen molar-refractivity contribution < 1.29 is 104 Å². The third-order valence-corrected chi connectivity index (χ3v) is 25.5. The summed E-state index contributed by atoms with van der Waals surface area (Å²) in [5, 5.41) is 26.8. The van der Waals surface area contributed by atoms with E-state index in [0.29, 0.717) is 16.7 Å². The van der Waals surface area contributed by atoms with E-state index in [2.05, 4.69) is 39.9 Å². The summed E-state index contributed by atoms with van der Waals surface area (Å²) in [6.07, 6.45) is 1.99. The van der Waals surface area contributed by atoms with Crippen LogP contribution in [0.5, 0.6) is 34.5 Å². The molecule has 8 aliphatic heterocycles. The highest BCUT2D eigenvalue weighted by atomic mass is 31.3. The summed E-state index contributed by atoms with van der Waals surface area (Å²) in [5.41, 5.74) is 5.11. The van der Waals surface area contributed by atoms with Gasteiger partial charge in [-0.15, -0.1) is 0 Å². The van der Waals surface area contributed by atoms with E-state index in [1.165, 1.54) is 47.3 Å². The summed E-state index contributed by atoms with van der Waals surface area (Å²) in [5.74, 6) is -2.03. The number of aliphatic hydroxyl groups is 1. The number of anilines is 1. The maximum absolute atomic E-state index is 14.8. The summed E-state index contributed by atoms with van der Waals surface area (Å²) in [7, 11) is -24.1. The Balaban J connectivity index is 0.720. The normalized spacial score (nSPS) is 22.2. The van der Waals surface area contributed by atoms with Gasteiger partial charge in [-0.3, -0.25) is 28.6 Å². The second kappa shape index (κ2) is 24.8. The number of rotatable bonds is 18. The molecule has 9 heterocycles. The molecule has 7 aromatic rings. The molecule has 29 nitrogen and oxygen atoms in total. The second-order valence-electron chi connectivity index (χ2n) is 25.3. The standard InChI is InChI=1S/C66H63N5O24P4/c1-3-87-51-21-20-49-60(46(51)31-67-62(74)37-16-18-39(43(28-37)63(75)76)55-44-26-35-10-6-22-69-24-8-13-41(56(35)69)58(44)90-59-42-14-9-25-70-23-7-11-36(57(42)70)27-45(55)59)89-52-29-38(17-19-48(52)66(49)47-15-5-4-12-40(47)64(77)91-66)92-97(81,82)94-99(85,86)95-98(83,84)93-96(79,80)33-53-50(72)30-54(88-53)71-32-34(2)61(73)68-65(71)78/h4-5,12,15-21,26-29,32,50,53-54,72H,3,6-11,13-14,22-25,30-31,33H2,1-2H3,(H6-,67,68,73,74,75,76,78,79,80,81,82,83,84,85,86)/p+1/t50-,53?,54?,66?/m0/s1.